The van der Waals surface area contributed by atoms with E-state index in [9.17, 15) is 4.79 Å². The first-order chi connectivity index (χ1) is 7.50. The summed E-state index contributed by atoms with van der Waals surface area (Å²) in [6, 6.07) is 5.03. The molecule has 1 aromatic carbocycles. The van der Waals surface area contributed by atoms with Gasteiger partial charge in [0, 0.05) is 22.7 Å². The summed E-state index contributed by atoms with van der Waals surface area (Å²) in [4.78, 5) is 11.8. The molecule has 16 heavy (non-hydrogen) atoms. The molecule has 0 aliphatic rings. The van der Waals surface area contributed by atoms with E-state index in [1.54, 1.807) is 18.2 Å². The Hall–Kier alpha value is -1.02. The number of nitrogen functional groups attached to an aromatic ring is 1. The highest BCUT2D eigenvalue weighted by Crippen LogP contribution is 2.20. The van der Waals surface area contributed by atoms with E-state index >= 15 is 0 Å². The van der Waals surface area contributed by atoms with Crippen LogP contribution >= 0.6 is 11.6 Å². The van der Waals surface area contributed by atoms with E-state index in [2.05, 4.69) is 13.8 Å². The van der Waals surface area contributed by atoms with Crippen LogP contribution in [0, 0.1) is 5.92 Å². The van der Waals surface area contributed by atoms with E-state index in [-0.39, 0.29) is 5.78 Å². The van der Waals surface area contributed by atoms with Crippen LogP contribution in [0.3, 0.4) is 0 Å². The number of benzene rings is 1. The molecule has 3 heteroatoms. The van der Waals surface area contributed by atoms with Crippen LogP contribution in [0.2, 0.25) is 5.02 Å². The van der Waals surface area contributed by atoms with Crippen molar-refractivity contribution < 1.29 is 4.79 Å². The Balaban J connectivity index is 2.59. The number of hydrogen-bond acceptors (Lipinski definition) is 2. The minimum atomic E-state index is 0.106. The van der Waals surface area contributed by atoms with Crippen molar-refractivity contribution in [2.75, 3.05) is 5.73 Å². The van der Waals surface area contributed by atoms with Crippen LogP contribution in [0.1, 0.15) is 43.5 Å². The fourth-order valence-electron chi connectivity index (χ4n) is 1.59. The zero-order valence-corrected chi connectivity index (χ0v) is 10.6. The maximum absolute atomic E-state index is 11.8. The maximum Gasteiger partial charge on any atom is 0.164 e. The number of nitrogens with two attached hydrogens (primary N) is 1. The molecule has 0 spiro atoms. The summed E-state index contributed by atoms with van der Waals surface area (Å²) in [5.74, 6) is 0.741. The molecule has 0 heterocycles. The van der Waals surface area contributed by atoms with Crippen molar-refractivity contribution in [3.8, 4) is 0 Å². The fourth-order valence-corrected chi connectivity index (χ4v) is 1.77. The molecule has 0 aliphatic carbocycles. The van der Waals surface area contributed by atoms with E-state index in [1.807, 2.05) is 0 Å². The lowest BCUT2D eigenvalue weighted by Crippen LogP contribution is -2.04. The van der Waals surface area contributed by atoms with Gasteiger partial charge in [0.2, 0.25) is 0 Å². The normalized spacial score (nSPS) is 10.8. The third-order valence-electron chi connectivity index (χ3n) is 2.50. The highest BCUT2D eigenvalue weighted by atomic mass is 35.5. The topological polar surface area (TPSA) is 43.1 Å². The summed E-state index contributed by atoms with van der Waals surface area (Å²) in [5.41, 5.74) is 6.81. The fraction of sp³-hybridized carbons (Fsp3) is 0.462. The lowest BCUT2D eigenvalue weighted by Gasteiger charge is -2.06. The van der Waals surface area contributed by atoms with Gasteiger partial charge >= 0.3 is 0 Å². The van der Waals surface area contributed by atoms with Gasteiger partial charge in [-0.25, -0.2) is 0 Å². The lowest BCUT2D eigenvalue weighted by molar-refractivity contribution is 0.0979. The van der Waals surface area contributed by atoms with Gasteiger partial charge in [0.05, 0.1) is 0 Å². The van der Waals surface area contributed by atoms with Gasteiger partial charge in [-0.2, -0.15) is 0 Å². The number of ketones is 1. The number of hydrogen-bond donors (Lipinski definition) is 1. The molecule has 0 bridgehead atoms. The number of rotatable bonds is 5. The van der Waals surface area contributed by atoms with E-state index in [0.29, 0.717) is 28.6 Å². The van der Waals surface area contributed by atoms with Crippen LogP contribution in [0.25, 0.3) is 0 Å². The van der Waals surface area contributed by atoms with E-state index in [1.165, 1.54) is 0 Å². The molecule has 0 saturated heterocycles. The molecule has 0 aliphatic heterocycles. The Morgan fingerprint density at radius 3 is 2.69 bits per heavy atom. The minimum absolute atomic E-state index is 0.106. The molecule has 0 saturated carbocycles. The van der Waals surface area contributed by atoms with Crippen molar-refractivity contribution in [2.45, 2.75) is 33.1 Å². The molecular weight excluding hydrogens is 222 g/mol. The quantitative estimate of drug-likeness (QED) is 0.625. The van der Waals surface area contributed by atoms with Gasteiger partial charge in [-0.1, -0.05) is 31.9 Å². The Bertz CT molecular complexity index is 374. The Labute approximate surface area is 102 Å². The summed E-state index contributed by atoms with van der Waals surface area (Å²) >= 11 is 5.78. The Morgan fingerprint density at radius 1 is 1.44 bits per heavy atom. The molecule has 0 amide bonds. The van der Waals surface area contributed by atoms with Gasteiger partial charge in [0.15, 0.2) is 5.78 Å². The van der Waals surface area contributed by atoms with Crippen molar-refractivity contribution in [1.82, 2.24) is 0 Å². The molecule has 0 radical (unpaired) electrons. The van der Waals surface area contributed by atoms with Gasteiger partial charge < -0.3 is 5.73 Å². The zero-order chi connectivity index (χ0) is 12.1. The number of carbonyl (C=O) groups is 1. The third kappa shape index (κ3) is 3.86. The van der Waals surface area contributed by atoms with Crippen LogP contribution in [0.15, 0.2) is 18.2 Å². The highest BCUT2D eigenvalue weighted by Gasteiger charge is 2.09. The minimum Gasteiger partial charge on any atom is -0.398 e. The first-order valence-electron chi connectivity index (χ1n) is 5.59. The van der Waals surface area contributed by atoms with Crippen molar-refractivity contribution in [3.63, 3.8) is 0 Å². The number of anilines is 1. The summed E-state index contributed by atoms with van der Waals surface area (Å²) in [6.45, 7) is 4.31. The largest absolute Gasteiger partial charge is 0.398 e. The summed E-state index contributed by atoms with van der Waals surface area (Å²) in [7, 11) is 0. The first kappa shape index (κ1) is 13.0. The second-order valence-corrected chi connectivity index (χ2v) is 4.88. The summed E-state index contributed by atoms with van der Waals surface area (Å²) < 4.78 is 0. The predicted octanol–water partition coefficient (Wildman–Crippen LogP) is 3.93. The van der Waals surface area contributed by atoms with Crippen molar-refractivity contribution in [1.29, 1.82) is 0 Å². The van der Waals surface area contributed by atoms with E-state index < -0.39 is 0 Å². The van der Waals surface area contributed by atoms with Crippen molar-refractivity contribution >= 4 is 23.1 Å². The van der Waals surface area contributed by atoms with Crippen LogP contribution in [-0.2, 0) is 0 Å². The second-order valence-electron chi connectivity index (χ2n) is 4.44. The van der Waals surface area contributed by atoms with Crippen LogP contribution in [0.5, 0.6) is 0 Å². The van der Waals surface area contributed by atoms with Gasteiger partial charge in [0.1, 0.15) is 0 Å². The van der Waals surface area contributed by atoms with Gasteiger partial charge in [-0.15, -0.1) is 0 Å². The number of Topliss-reactive ketones (excluding diaryl/α,β-unsaturated/α-hetero) is 1. The molecule has 1 rings (SSSR count). The molecule has 2 nitrogen and oxygen atoms in total. The van der Waals surface area contributed by atoms with E-state index in [4.69, 9.17) is 17.3 Å². The molecule has 0 fully saturated rings. The van der Waals surface area contributed by atoms with Crippen LogP contribution in [0.4, 0.5) is 5.69 Å². The molecule has 1 aromatic rings. The predicted molar refractivity (Wildman–Crippen MR) is 68.9 cm³/mol. The molecule has 2 N–H and O–H groups in total. The van der Waals surface area contributed by atoms with Gasteiger partial charge in [-0.3, -0.25) is 4.79 Å². The smallest absolute Gasteiger partial charge is 0.164 e. The standard InChI is InChI=1S/C13H18ClNO/c1-9(2)4-3-5-13(16)11-7-6-10(14)8-12(11)15/h6-9H,3-5,15H2,1-2H3. The number of halogens is 1. The number of carbonyl (C=O) groups excluding carboxylic acids is 1. The molecule has 0 aromatic heterocycles. The van der Waals surface area contributed by atoms with E-state index in [0.717, 1.165) is 12.8 Å². The monoisotopic (exact) mass is 239 g/mol. The lowest BCUT2D eigenvalue weighted by atomic mass is 10.0. The molecular formula is C13H18ClNO. The van der Waals surface area contributed by atoms with Crippen LogP contribution in [-0.4, -0.2) is 5.78 Å². The second kappa shape index (κ2) is 5.90. The average molecular weight is 240 g/mol. The van der Waals surface area contributed by atoms with Gasteiger partial charge in [0.25, 0.3) is 0 Å². The average Bonchev–Trinajstić information content (AvgIpc) is 2.16. The van der Waals surface area contributed by atoms with Gasteiger partial charge in [-0.05, 0) is 30.5 Å². The third-order valence-corrected chi connectivity index (χ3v) is 2.73. The summed E-state index contributed by atoms with van der Waals surface area (Å²) in [6.07, 6.45) is 2.54. The molecule has 0 unspecified atom stereocenters. The molecule has 88 valence electrons. The Kier molecular flexibility index (Phi) is 4.81. The summed E-state index contributed by atoms with van der Waals surface area (Å²) in [5, 5.41) is 0.566. The first-order valence-corrected chi connectivity index (χ1v) is 5.96. The Morgan fingerprint density at radius 2 is 2.12 bits per heavy atom. The van der Waals surface area contributed by atoms with Crippen LogP contribution < -0.4 is 5.73 Å². The highest BCUT2D eigenvalue weighted by molar-refractivity contribution is 6.31. The SMILES string of the molecule is CC(C)CCCC(=O)c1ccc(Cl)cc1N. The van der Waals surface area contributed by atoms with Crippen molar-refractivity contribution in [2.24, 2.45) is 5.92 Å². The molecule has 0 atom stereocenters. The zero-order valence-electron chi connectivity index (χ0n) is 9.79. The maximum atomic E-state index is 11.8. The van der Waals surface area contributed by atoms with Crippen molar-refractivity contribution in [3.05, 3.63) is 28.8 Å².